The predicted molar refractivity (Wildman–Crippen MR) is 77.6 cm³/mol. The maximum atomic E-state index is 5.76. The second-order valence-electron chi connectivity index (χ2n) is 5.66. The molecular weight excluding hydrogens is 254 g/mol. The second kappa shape index (κ2) is 6.88. The number of hydrogen-bond donors (Lipinski definition) is 0. The zero-order valence-corrected chi connectivity index (χ0v) is 12.8. The Morgan fingerprint density at radius 1 is 1.40 bits per heavy atom. The van der Waals surface area contributed by atoms with Gasteiger partial charge >= 0.3 is 0 Å². The minimum atomic E-state index is 0.297. The smallest absolute Gasteiger partial charge is 0.219 e. The van der Waals surface area contributed by atoms with E-state index >= 15 is 0 Å². The average molecular weight is 279 g/mol. The highest BCUT2D eigenvalue weighted by Gasteiger charge is 2.25. The van der Waals surface area contributed by atoms with E-state index < -0.39 is 0 Å². The van der Waals surface area contributed by atoms with Crippen LogP contribution in [0.1, 0.15) is 57.2 Å². The highest BCUT2D eigenvalue weighted by atomic mass is 16.5. The van der Waals surface area contributed by atoms with Gasteiger partial charge in [-0.15, -0.1) is 10.2 Å². The molecule has 2 rings (SSSR count). The zero-order chi connectivity index (χ0) is 14.5. The van der Waals surface area contributed by atoms with Crippen LogP contribution in [-0.2, 0) is 4.74 Å². The van der Waals surface area contributed by atoms with Crippen molar-refractivity contribution >= 4 is 0 Å². The monoisotopic (exact) mass is 279 g/mol. The molecule has 0 saturated carbocycles. The van der Waals surface area contributed by atoms with Crippen LogP contribution in [0.4, 0.5) is 0 Å². The first kappa shape index (κ1) is 15.0. The Morgan fingerprint density at radius 3 is 2.65 bits per heavy atom. The fraction of sp³-hybridized carbons (Fsp3) is 0.733. The van der Waals surface area contributed by atoms with Crippen molar-refractivity contribution in [3.63, 3.8) is 0 Å². The Labute approximate surface area is 121 Å². The largest absolute Gasteiger partial charge is 0.497 e. The molecule has 0 spiro atoms. The van der Waals surface area contributed by atoms with Crippen molar-refractivity contribution in [2.24, 2.45) is 0 Å². The predicted octanol–water partition coefficient (Wildman–Crippen LogP) is 2.92. The van der Waals surface area contributed by atoms with Crippen molar-refractivity contribution in [3.05, 3.63) is 24.1 Å². The molecular formula is C15H25N3O2. The Kier molecular flexibility index (Phi) is 5.17. The first-order chi connectivity index (χ1) is 9.60. The highest BCUT2D eigenvalue weighted by molar-refractivity contribution is 4.97. The van der Waals surface area contributed by atoms with E-state index in [2.05, 4.69) is 35.5 Å². The molecule has 0 bridgehead atoms. The normalized spacial score (nSPS) is 17.6. The van der Waals surface area contributed by atoms with Crippen LogP contribution in [0, 0.1) is 0 Å². The number of rotatable bonds is 6. The van der Waals surface area contributed by atoms with E-state index in [0.29, 0.717) is 18.4 Å². The summed E-state index contributed by atoms with van der Waals surface area (Å²) in [5, 5.41) is 8.32. The Bertz CT molecular complexity index is 434. The second-order valence-corrected chi connectivity index (χ2v) is 5.66. The van der Waals surface area contributed by atoms with Crippen molar-refractivity contribution in [1.82, 2.24) is 15.1 Å². The Morgan fingerprint density at radius 2 is 2.10 bits per heavy atom. The van der Waals surface area contributed by atoms with E-state index in [1.807, 2.05) is 6.92 Å². The molecule has 2 heterocycles. The van der Waals surface area contributed by atoms with Crippen molar-refractivity contribution < 1.29 is 9.15 Å². The van der Waals surface area contributed by atoms with Crippen LogP contribution in [0.15, 0.2) is 16.8 Å². The van der Waals surface area contributed by atoms with Crippen LogP contribution in [0.5, 0.6) is 0 Å². The molecule has 0 atom stereocenters. The van der Waals surface area contributed by atoms with E-state index in [1.165, 1.54) is 0 Å². The van der Waals surface area contributed by atoms with Gasteiger partial charge in [-0.3, -0.25) is 4.90 Å². The van der Waals surface area contributed by atoms with E-state index in [4.69, 9.17) is 9.15 Å². The third kappa shape index (κ3) is 3.82. The number of aromatic nitrogens is 2. The molecule has 1 aliphatic rings. The molecule has 5 nitrogen and oxygen atoms in total. The lowest BCUT2D eigenvalue weighted by Crippen LogP contribution is -2.34. The molecule has 20 heavy (non-hydrogen) atoms. The Balaban J connectivity index is 1.82. The maximum absolute atomic E-state index is 5.76. The highest BCUT2D eigenvalue weighted by Crippen LogP contribution is 2.28. The number of ether oxygens (including phenoxy) is 1. The number of nitrogens with zero attached hydrogens (tertiary/aromatic N) is 3. The maximum Gasteiger partial charge on any atom is 0.219 e. The molecule has 112 valence electrons. The van der Waals surface area contributed by atoms with Crippen molar-refractivity contribution in [2.75, 3.05) is 26.2 Å². The first-order valence-corrected chi connectivity index (χ1v) is 7.46. The molecule has 0 radical (unpaired) electrons. The lowest BCUT2D eigenvalue weighted by molar-refractivity contribution is 0.156. The van der Waals surface area contributed by atoms with Crippen LogP contribution < -0.4 is 0 Å². The van der Waals surface area contributed by atoms with Gasteiger partial charge in [0.1, 0.15) is 5.76 Å². The van der Waals surface area contributed by atoms with E-state index in [0.717, 1.165) is 50.0 Å². The first-order valence-electron chi connectivity index (χ1n) is 7.46. The summed E-state index contributed by atoms with van der Waals surface area (Å²) in [6.07, 6.45) is 2.11. The number of hydrogen-bond acceptors (Lipinski definition) is 5. The Hall–Kier alpha value is -1.36. The zero-order valence-electron chi connectivity index (χ0n) is 12.8. The number of piperidine rings is 1. The average Bonchev–Trinajstić information content (AvgIpc) is 2.89. The molecule has 0 amide bonds. The van der Waals surface area contributed by atoms with Crippen LogP contribution in [0.25, 0.3) is 0 Å². The fourth-order valence-electron chi connectivity index (χ4n) is 2.48. The van der Waals surface area contributed by atoms with Gasteiger partial charge in [-0.25, -0.2) is 0 Å². The summed E-state index contributed by atoms with van der Waals surface area (Å²) in [7, 11) is 0. The number of likely N-dealkylation sites (tertiary alicyclic amines) is 1. The summed E-state index contributed by atoms with van der Waals surface area (Å²) in [4.78, 5) is 2.37. The van der Waals surface area contributed by atoms with E-state index in [1.54, 1.807) is 0 Å². The SMILES string of the molecule is C=C(CN1CCC(c2nnc(C(C)C)o2)CC1)OCC. The minimum absolute atomic E-state index is 0.297. The van der Waals surface area contributed by atoms with Gasteiger partial charge in [-0.05, 0) is 32.9 Å². The van der Waals surface area contributed by atoms with Gasteiger partial charge in [0.05, 0.1) is 13.2 Å². The van der Waals surface area contributed by atoms with Crippen molar-refractivity contribution in [2.45, 2.75) is 45.4 Å². The third-order valence-electron chi connectivity index (χ3n) is 3.64. The van der Waals surface area contributed by atoms with Crippen LogP contribution >= 0.6 is 0 Å². The van der Waals surface area contributed by atoms with Gasteiger partial charge in [-0.1, -0.05) is 20.4 Å². The molecule has 1 aromatic heterocycles. The summed E-state index contributed by atoms with van der Waals surface area (Å²) in [5.41, 5.74) is 0. The van der Waals surface area contributed by atoms with Crippen LogP contribution in [0.3, 0.4) is 0 Å². The van der Waals surface area contributed by atoms with Gasteiger partial charge < -0.3 is 9.15 Å². The fourth-order valence-corrected chi connectivity index (χ4v) is 2.48. The molecule has 5 heteroatoms. The van der Waals surface area contributed by atoms with Gasteiger partial charge in [-0.2, -0.15) is 0 Å². The van der Waals surface area contributed by atoms with Crippen LogP contribution in [-0.4, -0.2) is 41.3 Å². The molecule has 0 aliphatic carbocycles. The molecule has 0 unspecified atom stereocenters. The topological polar surface area (TPSA) is 51.4 Å². The summed E-state index contributed by atoms with van der Waals surface area (Å²) in [6.45, 7) is 13.6. The van der Waals surface area contributed by atoms with E-state index in [9.17, 15) is 0 Å². The summed E-state index contributed by atoms with van der Waals surface area (Å²) < 4.78 is 11.2. The summed E-state index contributed by atoms with van der Waals surface area (Å²) in [5.74, 6) is 3.09. The molecule has 1 fully saturated rings. The lowest BCUT2D eigenvalue weighted by Gasteiger charge is -2.30. The molecule has 1 aliphatic heterocycles. The molecule has 1 saturated heterocycles. The minimum Gasteiger partial charge on any atom is -0.497 e. The van der Waals surface area contributed by atoms with Gasteiger partial charge in [0.25, 0.3) is 0 Å². The van der Waals surface area contributed by atoms with Gasteiger partial charge in [0, 0.05) is 11.8 Å². The summed E-state index contributed by atoms with van der Waals surface area (Å²) in [6, 6.07) is 0. The van der Waals surface area contributed by atoms with Gasteiger partial charge in [0.15, 0.2) is 0 Å². The summed E-state index contributed by atoms with van der Waals surface area (Å²) >= 11 is 0. The standard InChI is InChI=1S/C15H25N3O2/c1-5-19-12(4)10-18-8-6-13(7-9-18)15-17-16-14(20-15)11(2)3/h11,13H,4-10H2,1-3H3. The molecule has 1 aromatic rings. The van der Waals surface area contributed by atoms with Gasteiger partial charge in [0.2, 0.25) is 11.8 Å². The van der Waals surface area contributed by atoms with Crippen molar-refractivity contribution in [1.29, 1.82) is 0 Å². The van der Waals surface area contributed by atoms with Crippen molar-refractivity contribution in [3.8, 4) is 0 Å². The molecule has 0 aromatic carbocycles. The lowest BCUT2D eigenvalue weighted by atomic mass is 9.97. The quantitative estimate of drug-likeness (QED) is 0.749. The third-order valence-corrected chi connectivity index (χ3v) is 3.64. The van der Waals surface area contributed by atoms with E-state index in [-0.39, 0.29) is 0 Å². The van der Waals surface area contributed by atoms with Crippen LogP contribution in [0.2, 0.25) is 0 Å². The molecule has 0 N–H and O–H groups in total.